The number of amides is 2. The van der Waals surface area contributed by atoms with Gasteiger partial charge in [0.05, 0.1) is 12.1 Å². The number of anilines is 1. The van der Waals surface area contributed by atoms with E-state index in [1.165, 1.54) is 25.3 Å². The number of carbonyl (C=O) groups is 2. The number of aromatic amines is 1. The van der Waals surface area contributed by atoms with Gasteiger partial charge in [0, 0.05) is 6.42 Å². The predicted molar refractivity (Wildman–Crippen MR) is 105 cm³/mol. The topological polar surface area (TPSA) is 113 Å². The number of nitrogens with zero attached hydrogens (tertiary/aromatic N) is 4. The van der Waals surface area contributed by atoms with E-state index in [0.717, 1.165) is 16.1 Å². The molecule has 1 aliphatic heterocycles. The molecule has 0 spiro atoms. The van der Waals surface area contributed by atoms with E-state index < -0.39 is 17.6 Å². The maximum Gasteiger partial charge on any atom is 0.291 e. The van der Waals surface area contributed by atoms with Crippen molar-refractivity contribution in [3.05, 3.63) is 69.5 Å². The number of carbonyl (C=O) groups excluding carboxylic acids is 2. The molecule has 4 rings (SSSR count). The molecular weight excluding hydrogens is 415 g/mol. The van der Waals surface area contributed by atoms with Crippen LogP contribution in [-0.4, -0.2) is 39.5 Å². The van der Waals surface area contributed by atoms with Gasteiger partial charge >= 0.3 is 0 Å². The molecule has 0 saturated carbocycles. The van der Waals surface area contributed by atoms with Crippen molar-refractivity contribution in [2.45, 2.75) is 6.42 Å². The average Bonchev–Trinajstić information content (AvgIpc) is 3.35. The number of H-pyrrole nitrogens is 1. The highest BCUT2D eigenvalue weighted by Gasteiger charge is 2.36. The van der Waals surface area contributed by atoms with E-state index in [1.54, 1.807) is 24.3 Å². The molecule has 30 heavy (non-hydrogen) atoms. The predicted octanol–water partition coefficient (Wildman–Crippen LogP) is 2.05. The smallest absolute Gasteiger partial charge is 0.291 e. The molecular formula is C19H14ClFN6O3. The third-order valence-corrected chi connectivity index (χ3v) is 4.71. The summed E-state index contributed by atoms with van der Waals surface area (Å²) in [5.41, 5.74) is 4.46. The molecule has 9 nitrogen and oxygen atoms in total. The Morgan fingerprint density at radius 2 is 2.07 bits per heavy atom. The van der Waals surface area contributed by atoms with Crippen LogP contribution in [0.3, 0.4) is 0 Å². The van der Waals surface area contributed by atoms with Crippen LogP contribution >= 0.6 is 11.6 Å². The van der Waals surface area contributed by atoms with Crippen molar-refractivity contribution in [3.8, 4) is 5.75 Å². The fourth-order valence-corrected chi connectivity index (χ4v) is 3.22. The summed E-state index contributed by atoms with van der Waals surface area (Å²) in [6.45, 7) is 0. The van der Waals surface area contributed by atoms with E-state index in [0.29, 0.717) is 17.7 Å². The molecule has 2 N–H and O–H groups in total. The molecule has 1 saturated heterocycles. The quantitative estimate of drug-likeness (QED) is 0.475. The summed E-state index contributed by atoms with van der Waals surface area (Å²) in [5.74, 6) is -1.16. The summed E-state index contributed by atoms with van der Waals surface area (Å²) in [7, 11) is 1.53. The fourth-order valence-electron chi connectivity index (χ4n) is 3.01. The van der Waals surface area contributed by atoms with Gasteiger partial charge in [-0.15, -0.1) is 5.10 Å². The summed E-state index contributed by atoms with van der Waals surface area (Å²) in [6, 6.07) is 9.68. The van der Waals surface area contributed by atoms with Crippen molar-refractivity contribution in [2.75, 3.05) is 12.1 Å². The van der Waals surface area contributed by atoms with Crippen molar-refractivity contribution in [3.63, 3.8) is 0 Å². The molecule has 2 aromatic carbocycles. The minimum Gasteiger partial charge on any atom is -0.496 e. The van der Waals surface area contributed by atoms with E-state index in [2.05, 4.69) is 26.0 Å². The lowest BCUT2D eigenvalue weighted by atomic mass is 10.0. The Hall–Kier alpha value is -3.79. The van der Waals surface area contributed by atoms with Crippen LogP contribution in [0.2, 0.25) is 5.02 Å². The van der Waals surface area contributed by atoms with Crippen molar-refractivity contribution in [1.29, 1.82) is 0 Å². The second-order valence-corrected chi connectivity index (χ2v) is 6.76. The Labute approximate surface area is 174 Å². The SMILES string of the molecule is COc1ccc(C=C2C(=O)NN(c3nn[nH]n3)C2=O)cc1Cc1ccc(F)c(Cl)c1. The molecule has 1 aromatic heterocycles. The van der Waals surface area contributed by atoms with Gasteiger partial charge in [-0.25, -0.2) is 4.39 Å². The second kappa shape index (κ2) is 7.91. The highest BCUT2D eigenvalue weighted by molar-refractivity contribution is 6.31. The molecule has 0 unspecified atom stereocenters. The molecule has 152 valence electrons. The first-order valence-corrected chi connectivity index (χ1v) is 9.05. The summed E-state index contributed by atoms with van der Waals surface area (Å²) < 4.78 is 18.8. The molecule has 0 radical (unpaired) electrons. The normalized spacial score (nSPS) is 15.0. The lowest BCUT2D eigenvalue weighted by molar-refractivity contribution is -0.117. The maximum atomic E-state index is 13.4. The standard InChI is InChI=1S/C19H14ClFN6O3/c1-30-16-5-3-10(6-12(16)7-11-2-4-15(21)14(20)9-11)8-13-17(28)24-27(18(13)29)19-22-25-26-23-19/h2-6,8-9H,7H2,1H3,(H,24,28)(H,22,23,25,26). The average molecular weight is 429 g/mol. The number of ether oxygens (including phenoxy) is 1. The molecule has 2 heterocycles. The highest BCUT2D eigenvalue weighted by Crippen LogP contribution is 2.27. The van der Waals surface area contributed by atoms with Crippen LogP contribution in [0.25, 0.3) is 6.08 Å². The maximum absolute atomic E-state index is 13.4. The van der Waals surface area contributed by atoms with Crippen molar-refractivity contribution >= 4 is 35.4 Å². The molecule has 0 atom stereocenters. The molecule has 0 aliphatic carbocycles. The minimum atomic E-state index is -0.607. The van der Waals surface area contributed by atoms with Crippen molar-refractivity contribution in [1.82, 2.24) is 26.0 Å². The molecule has 3 aromatic rings. The summed E-state index contributed by atoms with van der Waals surface area (Å²) in [4.78, 5) is 24.8. The van der Waals surface area contributed by atoms with Crippen LogP contribution in [0.5, 0.6) is 5.75 Å². The van der Waals surface area contributed by atoms with E-state index in [4.69, 9.17) is 16.3 Å². The Morgan fingerprint density at radius 3 is 2.77 bits per heavy atom. The Balaban J connectivity index is 1.65. The van der Waals surface area contributed by atoms with Crippen molar-refractivity contribution in [2.24, 2.45) is 0 Å². The minimum absolute atomic E-state index is 0.0273. The first-order chi connectivity index (χ1) is 14.5. The lowest BCUT2D eigenvalue weighted by Gasteiger charge is -2.10. The number of halogens is 2. The van der Waals surface area contributed by atoms with Crippen LogP contribution < -0.4 is 15.2 Å². The Bertz CT molecular complexity index is 1170. The number of aromatic nitrogens is 4. The zero-order valence-electron chi connectivity index (χ0n) is 15.5. The van der Waals surface area contributed by atoms with Gasteiger partial charge in [-0.2, -0.15) is 10.2 Å². The van der Waals surface area contributed by atoms with E-state index >= 15 is 0 Å². The van der Waals surface area contributed by atoms with E-state index in [9.17, 15) is 14.0 Å². The number of hydrogen-bond acceptors (Lipinski definition) is 6. The second-order valence-electron chi connectivity index (χ2n) is 6.35. The van der Waals surface area contributed by atoms with Gasteiger partial charge in [0.1, 0.15) is 17.1 Å². The van der Waals surface area contributed by atoms with Crippen LogP contribution in [0.1, 0.15) is 16.7 Å². The van der Waals surface area contributed by atoms with Crippen LogP contribution in [0, 0.1) is 5.82 Å². The molecule has 1 aliphatic rings. The summed E-state index contributed by atoms with van der Waals surface area (Å²) in [6.07, 6.45) is 1.87. The molecule has 11 heteroatoms. The van der Waals surface area contributed by atoms with Crippen LogP contribution in [0.15, 0.2) is 42.0 Å². The van der Waals surface area contributed by atoms with Gasteiger partial charge in [0.15, 0.2) is 0 Å². The monoisotopic (exact) mass is 428 g/mol. The van der Waals surface area contributed by atoms with Gasteiger partial charge < -0.3 is 4.74 Å². The molecule has 1 fully saturated rings. The largest absolute Gasteiger partial charge is 0.496 e. The number of rotatable bonds is 5. The molecule has 0 bridgehead atoms. The van der Waals surface area contributed by atoms with Gasteiger partial charge in [-0.05, 0) is 52.2 Å². The van der Waals surface area contributed by atoms with Crippen LogP contribution in [0.4, 0.5) is 10.3 Å². The summed E-state index contributed by atoms with van der Waals surface area (Å²) in [5, 5.41) is 13.9. The number of nitrogens with one attached hydrogen (secondary N) is 2. The fraction of sp³-hybridized carbons (Fsp3) is 0.105. The van der Waals surface area contributed by atoms with Gasteiger partial charge in [0.25, 0.3) is 17.8 Å². The number of tetrazole rings is 1. The number of benzene rings is 2. The third-order valence-electron chi connectivity index (χ3n) is 4.42. The first kappa shape index (κ1) is 19.5. The number of hydrogen-bond donors (Lipinski definition) is 2. The van der Waals surface area contributed by atoms with Gasteiger partial charge in [0.2, 0.25) is 0 Å². The first-order valence-electron chi connectivity index (χ1n) is 8.67. The van der Waals surface area contributed by atoms with E-state index in [-0.39, 0.29) is 16.5 Å². The summed E-state index contributed by atoms with van der Waals surface area (Å²) >= 11 is 5.87. The van der Waals surface area contributed by atoms with E-state index in [1.807, 2.05) is 0 Å². The lowest BCUT2D eigenvalue weighted by Crippen LogP contribution is -2.36. The van der Waals surface area contributed by atoms with Gasteiger partial charge in [-0.1, -0.05) is 28.8 Å². The van der Waals surface area contributed by atoms with Gasteiger partial charge in [-0.3, -0.25) is 15.0 Å². The zero-order chi connectivity index (χ0) is 21.3. The number of hydrazine groups is 1. The van der Waals surface area contributed by atoms with Crippen molar-refractivity contribution < 1.29 is 18.7 Å². The third kappa shape index (κ3) is 3.72. The molecule has 2 amide bonds. The van der Waals surface area contributed by atoms with Crippen LogP contribution in [-0.2, 0) is 16.0 Å². The Morgan fingerprint density at radius 1 is 1.23 bits per heavy atom. The Kier molecular flexibility index (Phi) is 5.15. The zero-order valence-corrected chi connectivity index (χ0v) is 16.3. The highest BCUT2D eigenvalue weighted by atomic mass is 35.5. The number of methoxy groups -OCH3 is 1.